The standard InChI is InChI=1S/C31H33N7O10S/c1-47-22-13-12-21(27(14-22)48-2)17-35-26(29(30(35)40)36(31(41)42)16-20-8-4-3-5-9-20)18-37-33-23(24(19-39)34-37)15-32-49(45,46)28-11-7-6-10-25(28)38(43)44/h3-14,26,29,32,39H,15-19H2,1-2H3,(H,41,42)/t26-,29-/m0/s1. The van der Waals surface area contributed by atoms with Crippen molar-refractivity contribution < 1.29 is 42.6 Å². The van der Waals surface area contributed by atoms with E-state index in [1.165, 1.54) is 31.3 Å². The molecule has 1 aromatic heterocycles. The Labute approximate surface area is 280 Å². The second-order valence-corrected chi connectivity index (χ2v) is 12.6. The number of hydrogen-bond donors (Lipinski definition) is 3. The molecule has 4 aromatic rings. The van der Waals surface area contributed by atoms with Crippen LogP contribution in [0.15, 0.2) is 77.7 Å². The van der Waals surface area contributed by atoms with Gasteiger partial charge in [0.15, 0.2) is 4.90 Å². The molecule has 17 nitrogen and oxygen atoms in total. The second-order valence-electron chi connectivity index (χ2n) is 10.9. The maximum atomic E-state index is 13.7. The normalized spacial score (nSPS) is 15.8. The van der Waals surface area contributed by atoms with Crippen molar-refractivity contribution in [2.24, 2.45) is 0 Å². The molecule has 258 valence electrons. The molecule has 1 saturated heterocycles. The summed E-state index contributed by atoms with van der Waals surface area (Å²) in [5.74, 6) is 0.516. The number of carboxylic acid groups (broad SMARTS) is 1. The van der Waals surface area contributed by atoms with Gasteiger partial charge in [0, 0.05) is 30.8 Å². The Bertz CT molecular complexity index is 1950. The summed E-state index contributed by atoms with van der Waals surface area (Å²) < 4.78 is 39.0. The number of nitro benzene ring substituents is 1. The number of benzene rings is 3. The number of sulfonamides is 1. The monoisotopic (exact) mass is 695 g/mol. The highest BCUT2D eigenvalue weighted by Gasteiger charge is 2.52. The third-order valence-electron chi connectivity index (χ3n) is 8.00. The smallest absolute Gasteiger partial charge is 0.408 e. The number of ether oxygens (including phenoxy) is 2. The summed E-state index contributed by atoms with van der Waals surface area (Å²) in [6, 6.07) is 16.8. The molecular formula is C31H33N7O10S. The number of aliphatic hydroxyl groups is 1. The summed E-state index contributed by atoms with van der Waals surface area (Å²) in [6.07, 6.45) is -1.32. The molecular weight excluding hydrogens is 662 g/mol. The molecule has 3 aromatic carbocycles. The highest BCUT2D eigenvalue weighted by molar-refractivity contribution is 7.89. The number of carbonyl (C=O) groups is 2. The van der Waals surface area contributed by atoms with Gasteiger partial charge in [-0.15, -0.1) is 0 Å². The van der Waals surface area contributed by atoms with E-state index in [0.29, 0.717) is 22.6 Å². The van der Waals surface area contributed by atoms with E-state index < -0.39 is 62.8 Å². The fourth-order valence-electron chi connectivity index (χ4n) is 5.55. The van der Waals surface area contributed by atoms with Gasteiger partial charge in [0.1, 0.15) is 28.9 Å². The van der Waals surface area contributed by atoms with Crippen LogP contribution in [0.2, 0.25) is 0 Å². The van der Waals surface area contributed by atoms with Gasteiger partial charge in [-0.3, -0.25) is 19.8 Å². The van der Waals surface area contributed by atoms with Gasteiger partial charge in [-0.25, -0.2) is 17.9 Å². The van der Waals surface area contributed by atoms with Gasteiger partial charge >= 0.3 is 6.09 Å². The summed E-state index contributed by atoms with van der Waals surface area (Å²) in [6.45, 7) is -1.26. The number of nitrogens with zero attached hydrogens (tertiary/aromatic N) is 6. The zero-order chi connectivity index (χ0) is 35.3. The van der Waals surface area contributed by atoms with Crippen LogP contribution in [0.25, 0.3) is 0 Å². The van der Waals surface area contributed by atoms with Gasteiger partial charge in [0.2, 0.25) is 15.9 Å². The highest BCUT2D eigenvalue weighted by Crippen LogP contribution is 2.33. The van der Waals surface area contributed by atoms with Gasteiger partial charge in [0.25, 0.3) is 5.69 Å². The number of methoxy groups -OCH3 is 2. The molecule has 2 amide bonds. The molecule has 49 heavy (non-hydrogen) atoms. The van der Waals surface area contributed by atoms with Gasteiger partial charge in [-0.2, -0.15) is 15.0 Å². The van der Waals surface area contributed by atoms with Crippen molar-refractivity contribution in [1.29, 1.82) is 0 Å². The predicted octanol–water partition coefficient (Wildman–Crippen LogP) is 2.13. The van der Waals surface area contributed by atoms with Crippen LogP contribution < -0.4 is 14.2 Å². The maximum absolute atomic E-state index is 13.7. The highest BCUT2D eigenvalue weighted by atomic mass is 32.2. The van der Waals surface area contributed by atoms with E-state index in [4.69, 9.17) is 9.47 Å². The predicted molar refractivity (Wildman–Crippen MR) is 171 cm³/mol. The average molecular weight is 696 g/mol. The Balaban J connectivity index is 1.44. The minimum Gasteiger partial charge on any atom is -0.497 e. The van der Waals surface area contributed by atoms with Crippen LogP contribution in [-0.4, -0.2) is 86.7 Å². The van der Waals surface area contributed by atoms with Crippen molar-refractivity contribution in [3.05, 3.63) is 105 Å². The zero-order valence-corrected chi connectivity index (χ0v) is 27.2. The van der Waals surface area contributed by atoms with Gasteiger partial charge in [-0.1, -0.05) is 42.5 Å². The Morgan fingerprint density at radius 2 is 1.73 bits per heavy atom. The number of aromatic nitrogens is 3. The Morgan fingerprint density at radius 1 is 1.04 bits per heavy atom. The number of para-hydroxylation sites is 1. The summed E-state index contributed by atoms with van der Waals surface area (Å²) >= 11 is 0. The number of nitrogens with one attached hydrogen (secondary N) is 1. The molecule has 0 spiro atoms. The molecule has 0 unspecified atom stereocenters. The largest absolute Gasteiger partial charge is 0.497 e. The summed E-state index contributed by atoms with van der Waals surface area (Å²) in [7, 11) is -1.41. The topological polar surface area (TPSA) is 220 Å². The zero-order valence-electron chi connectivity index (χ0n) is 26.4. The fourth-order valence-corrected chi connectivity index (χ4v) is 6.71. The van der Waals surface area contributed by atoms with Crippen LogP contribution in [0.4, 0.5) is 10.5 Å². The SMILES string of the molecule is COc1ccc(CN2C(=O)[C@@H](N(Cc3ccccc3)C(=O)O)[C@@H]2Cn2nc(CO)c(CNS(=O)(=O)c3ccccc3[N+](=O)[O-])n2)c(OC)c1. The lowest BCUT2D eigenvalue weighted by molar-refractivity contribution is -0.387. The lowest BCUT2D eigenvalue weighted by Gasteiger charge is -2.50. The lowest BCUT2D eigenvalue weighted by Crippen LogP contribution is -2.71. The summed E-state index contributed by atoms with van der Waals surface area (Å²) in [4.78, 5) is 40.0. The van der Waals surface area contributed by atoms with E-state index in [9.17, 15) is 38.3 Å². The number of likely N-dealkylation sites (tertiary alicyclic amines) is 1. The average Bonchev–Trinajstić information content (AvgIpc) is 3.51. The summed E-state index contributed by atoms with van der Waals surface area (Å²) in [5.41, 5.74) is 0.706. The van der Waals surface area contributed by atoms with E-state index in [1.54, 1.807) is 48.5 Å². The van der Waals surface area contributed by atoms with Crippen molar-refractivity contribution >= 4 is 27.7 Å². The third kappa shape index (κ3) is 7.45. The van der Waals surface area contributed by atoms with Crippen LogP contribution in [0, 0.1) is 10.1 Å². The van der Waals surface area contributed by atoms with E-state index >= 15 is 0 Å². The first-order chi connectivity index (χ1) is 23.5. The van der Waals surface area contributed by atoms with Crippen molar-refractivity contribution in [2.45, 2.75) is 49.8 Å². The lowest BCUT2D eigenvalue weighted by atomic mass is 9.91. The first-order valence-electron chi connectivity index (χ1n) is 14.8. The molecule has 1 aliphatic heterocycles. The molecule has 0 saturated carbocycles. The first kappa shape index (κ1) is 34.7. The van der Waals surface area contributed by atoms with E-state index in [-0.39, 0.29) is 31.0 Å². The number of carbonyl (C=O) groups excluding carboxylic acids is 1. The quantitative estimate of drug-likeness (QED) is 0.0925. The number of hydrogen-bond acceptors (Lipinski definition) is 11. The molecule has 0 radical (unpaired) electrons. The van der Waals surface area contributed by atoms with E-state index in [0.717, 1.165) is 21.8 Å². The Morgan fingerprint density at radius 3 is 2.39 bits per heavy atom. The molecule has 1 fully saturated rings. The third-order valence-corrected chi connectivity index (χ3v) is 9.45. The molecule has 2 heterocycles. The number of amides is 2. The van der Waals surface area contributed by atoms with Crippen molar-refractivity contribution in [3.63, 3.8) is 0 Å². The molecule has 0 bridgehead atoms. The van der Waals surface area contributed by atoms with Crippen LogP contribution in [0.1, 0.15) is 22.5 Å². The van der Waals surface area contributed by atoms with E-state index in [2.05, 4.69) is 14.9 Å². The van der Waals surface area contributed by atoms with Crippen LogP contribution in [-0.2, 0) is 47.6 Å². The first-order valence-corrected chi connectivity index (χ1v) is 16.3. The van der Waals surface area contributed by atoms with Crippen LogP contribution in [0.5, 0.6) is 11.5 Å². The maximum Gasteiger partial charge on any atom is 0.408 e. The van der Waals surface area contributed by atoms with Crippen molar-refractivity contribution in [1.82, 2.24) is 29.5 Å². The molecule has 18 heteroatoms. The molecule has 3 N–H and O–H groups in total. The minimum absolute atomic E-state index is 0.00945. The van der Waals surface area contributed by atoms with Gasteiger partial charge in [-0.05, 0) is 23.8 Å². The number of nitro groups is 1. The number of rotatable bonds is 15. The molecule has 1 aliphatic rings. The Kier molecular flexibility index (Phi) is 10.4. The second kappa shape index (κ2) is 14.7. The van der Waals surface area contributed by atoms with Gasteiger partial charge < -0.3 is 24.6 Å². The minimum atomic E-state index is -4.38. The van der Waals surface area contributed by atoms with Crippen molar-refractivity contribution in [3.8, 4) is 11.5 Å². The van der Waals surface area contributed by atoms with Crippen LogP contribution >= 0.6 is 0 Å². The van der Waals surface area contributed by atoms with Crippen molar-refractivity contribution in [2.75, 3.05) is 14.2 Å². The fraction of sp³-hybridized carbons (Fsp3) is 0.290. The number of aliphatic hydroxyl groups excluding tert-OH is 1. The summed E-state index contributed by atoms with van der Waals surface area (Å²) in [5, 5.41) is 40.3. The van der Waals surface area contributed by atoms with E-state index in [1.807, 2.05) is 0 Å². The Hall–Kier alpha value is -5.59. The molecule has 0 aliphatic carbocycles. The van der Waals surface area contributed by atoms with Gasteiger partial charge in [0.05, 0.1) is 44.9 Å². The van der Waals surface area contributed by atoms with Crippen LogP contribution in [0.3, 0.4) is 0 Å². The number of β-lactam (4-membered cyclic amide) rings is 1. The molecule has 2 atom stereocenters. The molecule has 5 rings (SSSR count).